The Balaban J connectivity index is 1.72. The number of benzene rings is 3. The molecule has 5 heteroatoms. The van der Waals surface area contributed by atoms with E-state index in [1.807, 2.05) is 35.2 Å². The summed E-state index contributed by atoms with van der Waals surface area (Å²) in [4.78, 5) is 17.8. The Labute approximate surface area is 201 Å². The number of rotatable bonds is 5. The summed E-state index contributed by atoms with van der Waals surface area (Å²) < 4.78 is 6.42. The van der Waals surface area contributed by atoms with Crippen LogP contribution in [0.2, 0.25) is 0 Å². The lowest BCUT2D eigenvalue weighted by Gasteiger charge is -2.29. The lowest BCUT2D eigenvalue weighted by atomic mass is 9.89. The van der Waals surface area contributed by atoms with E-state index in [2.05, 4.69) is 61.0 Å². The van der Waals surface area contributed by atoms with Gasteiger partial charge in [-0.05, 0) is 48.9 Å². The van der Waals surface area contributed by atoms with Crippen molar-refractivity contribution in [1.82, 2.24) is 10.2 Å². The van der Waals surface area contributed by atoms with Gasteiger partial charge in [-0.2, -0.15) is 0 Å². The zero-order valence-electron chi connectivity index (χ0n) is 19.9. The Hall–Kier alpha value is -3.57. The third-order valence-electron chi connectivity index (χ3n) is 6.73. The molecule has 1 fully saturated rings. The second-order valence-electron chi connectivity index (χ2n) is 8.75. The monoisotopic (exact) mass is 453 g/mol. The van der Waals surface area contributed by atoms with E-state index in [1.165, 1.54) is 0 Å². The van der Waals surface area contributed by atoms with Gasteiger partial charge < -0.3 is 19.9 Å². The topological polar surface area (TPSA) is 44.8 Å². The molecule has 1 N–H and O–H groups in total. The van der Waals surface area contributed by atoms with Crippen LogP contribution in [0.15, 0.2) is 60.7 Å². The maximum Gasteiger partial charge on any atom is 0.254 e. The van der Waals surface area contributed by atoms with Gasteiger partial charge in [-0.3, -0.25) is 4.79 Å². The number of nitrogens with one attached hydrogen (secondary N) is 1. The summed E-state index contributed by atoms with van der Waals surface area (Å²) in [6, 6.07) is 20.4. The predicted molar refractivity (Wildman–Crippen MR) is 138 cm³/mol. The first-order chi connectivity index (χ1) is 16.6. The van der Waals surface area contributed by atoms with Gasteiger partial charge in [0.1, 0.15) is 11.5 Å². The van der Waals surface area contributed by atoms with Crippen LogP contribution in [0, 0.1) is 0 Å². The minimum atomic E-state index is 0.0766. The molecular formula is C29H31N3O2. The van der Waals surface area contributed by atoms with E-state index in [-0.39, 0.29) is 5.91 Å². The van der Waals surface area contributed by atoms with Crippen molar-refractivity contribution in [2.45, 2.75) is 13.8 Å². The highest BCUT2D eigenvalue weighted by Gasteiger charge is 2.26. The van der Waals surface area contributed by atoms with Gasteiger partial charge in [-0.25, -0.2) is 0 Å². The molecule has 0 radical (unpaired) electrons. The van der Waals surface area contributed by atoms with E-state index in [9.17, 15) is 4.79 Å². The molecule has 0 spiro atoms. The second kappa shape index (κ2) is 9.35. The Bertz CT molecular complexity index is 1340. The van der Waals surface area contributed by atoms with Gasteiger partial charge in [0.15, 0.2) is 0 Å². The lowest BCUT2D eigenvalue weighted by molar-refractivity contribution is 0.0735. The normalized spacial score (nSPS) is 14.8. The fraction of sp³-hybridized carbons (Fsp3) is 0.276. The molecule has 2 aliphatic rings. The molecule has 0 saturated carbocycles. The van der Waals surface area contributed by atoms with E-state index in [1.54, 1.807) is 0 Å². The maximum atomic E-state index is 13.6. The zero-order valence-corrected chi connectivity index (χ0v) is 19.9. The molecule has 0 unspecified atom stereocenters. The molecule has 1 saturated heterocycles. The number of carbonyl (C=O) groups excluding carboxylic acids is 1. The highest BCUT2D eigenvalue weighted by molar-refractivity contribution is 6.02. The first-order valence-corrected chi connectivity index (χ1v) is 12.1. The predicted octanol–water partition coefficient (Wildman–Crippen LogP) is 3.34. The molecule has 0 atom stereocenters. The van der Waals surface area contributed by atoms with Gasteiger partial charge in [0.05, 0.1) is 0 Å². The molecule has 3 aromatic carbocycles. The number of carbonyl (C=O) groups is 1. The van der Waals surface area contributed by atoms with Gasteiger partial charge in [0, 0.05) is 72.9 Å². The number of anilines is 1. The smallest absolute Gasteiger partial charge is 0.254 e. The number of ether oxygens (including phenoxy) is 1. The minimum absolute atomic E-state index is 0.0766. The van der Waals surface area contributed by atoms with Crippen LogP contribution in [-0.2, 0) is 0 Å². The standard InChI is InChI=1S/C29H31N3O2/c1-4-31(5-2)21-11-13-25-27(19-21)34-26-18-20(3)10-12-24(26)28(25)22-8-6-7-9-23(22)29(33)32-16-14-30-15-17-32/h6-13,18-19,30H,3-5,14-17H2,1-2H3. The summed E-state index contributed by atoms with van der Waals surface area (Å²) in [5, 5.41) is 5.21. The van der Waals surface area contributed by atoms with Crippen LogP contribution < -0.4 is 25.4 Å². The molecule has 3 aromatic rings. The van der Waals surface area contributed by atoms with Crippen molar-refractivity contribution >= 4 is 23.7 Å². The first kappa shape index (κ1) is 22.2. The third-order valence-corrected chi connectivity index (χ3v) is 6.73. The molecule has 0 aliphatic carbocycles. The van der Waals surface area contributed by atoms with E-state index < -0.39 is 0 Å². The van der Waals surface area contributed by atoms with Crippen LogP contribution in [-0.4, -0.2) is 50.1 Å². The summed E-state index contributed by atoms with van der Waals surface area (Å²) in [5.74, 6) is 1.66. The van der Waals surface area contributed by atoms with Crippen LogP contribution in [0.3, 0.4) is 0 Å². The number of hydrogen-bond donors (Lipinski definition) is 1. The molecule has 5 nitrogen and oxygen atoms in total. The first-order valence-electron chi connectivity index (χ1n) is 12.1. The molecule has 0 bridgehead atoms. The van der Waals surface area contributed by atoms with Crippen molar-refractivity contribution < 1.29 is 9.53 Å². The summed E-state index contributed by atoms with van der Waals surface area (Å²) >= 11 is 0. The molecular weight excluding hydrogens is 422 g/mol. The van der Waals surface area contributed by atoms with Crippen LogP contribution in [0.4, 0.5) is 5.69 Å². The van der Waals surface area contributed by atoms with E-state index >= 15 is 0 Å². The molecule has 174 valence electrons. The zero-order chi connectivity index (χ0) is 23.7. The molecule has 34 heavy (non-hydrogen) atoms. The van der Waals surface area contributed by atoms with E-state index in [0.29, 0.717) is 0 Å². The maximum absolute atomic E-state index is 13.6. The Morgan fingerprint density at radius 1 is 0.971 bits per heavy atom. The van der Waals surface area contributed by atoms with E-state index in [0.717, 1.165) is 89.2 Å². The minimum Gasteiger partial charge on any atom is -0.456 e. The lowest BCUT2D eigenvalue weighted by Crippen LogP contribution is -2.46. The quantitative estimate of drug-likeness (QED) is 0.504. The Kier molecular flexibility index (Phi) is 6.12. The largest absolute Gasteiger partial charge is 0.456 e. The molecule has 2 aliphatic heterocycles. The molecule has 5 rings (SSSR count). The van der Waals surface area contributed by atoms with Crippen molar-refractivity contribution in [3.8, 4) is 11.5 Å². The highest BCUT2D eigenvalue weighted by atomic mass is 16.5. The van der Waals surface area contributed by atoms with Crippen molar-refractivity contribution in [3.05, 3.63) is 87.8 Å². The van der Waals surface area contributed by atoms with Crippen LogP contribution in [0.1, 0.15) is 35.3 Å². The molecule has 2 heterocycles. The van der Waals surface area contributed by atoms with Crippen LogP contribution >= 0.6 is 0 Å². The van der Waals surface area contributed by atoms with Crippen molar-refractivity contribution in [2.75, 3.05) is 44.2 Å². The van der Waals surface area contributed by atoms with Crippen molar-refractivity contribution in [2.24, 2.45) is 0 Å². The number of hydrogen-bond acceptors (Lipinski definition) is 4. The fourth-order valence-electron chi connectivity index (χ4n) is 4.92. The number of piperazine rings is 1. The summed E-state index contributed by atoms with van der Waals surface area (Å²) in [7, 11) is 0. The number of nitrogens with zero attached hydrogens (tertiary/aromatic N) is 2. The molecule has 1 amide bonds. The van der Waals surface area contributed by atoms with Gasteiger partial charge >= 0.3 is 0 Å². The van der Waals surface area contributed by atoms with Gasteiger partial charge in [-0.1, -0.05) is 36.9 Å². The average Bonchev–Trinajstić information content (AvgIpc) is 2.88. The van der Waals surface area contributed by atoms with E-state index in [4.69, 9.17) is 4.74 Å². The van der Waals surface area contributed by atoms with Gasteiger partial charge in [-0.15, -0.1) is 0 Å². The number of fused-ring (bicyclic) bond motifs is 2. The van der Waals surface area contributed by atoms with Crippen LogP contribution in [0.25, 0.3) is 12.2 Å². The van der Waals surface area contributed by atoms with Crippen LogP contribution in [0.5, 0.6) is 11.5 Å². The van der Waals surface area contributed by atoms with Gasteiger partial charge in [0.2, 0.25) is 0 Å². The number of amides is 1. The SMILES string of the molecule is C=c1ccc2c(c1)Oc1cc(N(CC)CC)ccc1C=2c1ccccc1C(=O)N1CCNCC1. The molecule has 0 aromatic heterocycles. The average molecular weight is 454 g/mol. The summed E-state index contributed by atoms with van der Waals surface area (Å²) in [6.45, 7) is 13.3. The third kappa shape index (κ3) is 3.97. The van der Waals surface area contributed by atoms with Crippen molar-refractivity contribution in [1.29, 1.82) is 0 Å². The highest BCUT2D eigenvalue weighted by Crippen LogP contribution is 2.39. The summed E-state index contributed by atoms with van der Waals surface area (Å²) in [6.07, 6.45) is 0. The Morgan fingerprint density at radius 3 is 2.50 bits per heavy atom. The van der Waals surface area contributed by atoms with Gasteiger partial charge in [0.25, 0.3) is 5.91 Å². The Morgan fingerprint density at radius 2 is 1.74 bits per heavy atom. The fourth-order valence-corrected chi connectivity index (χ4v) is 4.92. The van der Waals surface area contributed by atoms with Crippen molar-refractivity contribution in [3.63, 3.8) is 0 Å². The summed E-state index contributed by atoms with van der Waals surface area (Å²) in [5.41, 5.74) is 4.82. The second-order valence-corrected chi connectivity index (χ2v) is 8.75.